The first-order valence-corrected chi connectivity index (χ1v) is 11.5. The Kier molecular flexibility index (Phi) is 7.03. The minimum Gasteiger partial charge on any atom is -0.497 e. The molecule has 1 amide bonds. The van der Waals surface area contributed by atoms with E-state index in [0.29, 0.717) is 38.9 Å². The Morgan fingerprint density at radius 3 is 2.44 bits per heavy atom. The van der Waals surface area contributed by atoms with E-state index in [1.807, 2.05) is 29.6 Å². The summed E-state index contributed by atoms with van der Waals surface area (Å²) >= 11 is 1.56. The van der Waals surface area contributed by atoms with Gasteiger partial charge < -0.3 is 14.2 Å². The number of methoxy groups -OCH3 is 1. The lowest BCUT2D eigenvalue weighted by molar-refractivity contribution is -0.139. The van der Waals surface area contributed by atoms with E-state index in [1.165, 1.54) is 0 Å². The standard InChI is InChI=1S/C23H23F3N4O3S/c1-33-19-5-2-16(3-6-19)22-27-18(15-34-22)13-28-8-10-29(11-9-28)21(32)14-30-12-17(23(24,25)26)4-7-20(30)31/h2-7,12,15H,8-11,13-14H2,1H3. The Hall–Kier alpha value is -3.18. The van der Waals surface area contributed by atoms with Crippen molar-refractivity contribution in [1.29, 1.82) is 0 Å². The molecule has 0 atom stereocenters. The molecule has 180 valence electrons. The van der Waals surface area contributed by atoms with Crippen molar-refractivity contribution in [2.45, 2.75) is 19.3 Å². The number of halogens is 3. The first-order valence-electron chi connectivity index (χ1n) is 10.6. The highest BCUT2D eigenvalue weighted by atomic mass is 32.1. The van der Waals surface area contributed by atoms with Gasteiger partial charge in [0.25, 0.3) is 5.56 Å². The third kappa shape index (κ3) is 5.65. The van der Waals surface area contributed by atoms with Gasteiger partial charge in [-0.05, 0) is 30.3 Å². The molecule has 0 unspecified atom stereocenters. The maximum absolute atomic E-state index is 12.9. The first-order chi connectivity index (χ1) is 16.2. The minimum atomic E-state index is -4.58. The van der Waals surface area contributed by atoms with E-state index in [9.17, 15) is 22.8 Å². The van der Waals surface area contributed by atoms with Crippen LogP contribution >= 0.6 is 11.3 Å². The molecule has 1 fully saturated rings. The quantitative estimate of drug-likeness (QED) is 0.528. The van der Waals surface area contributed by atoms with Gasteiger partial charge in [-0.3, -0.25) is 14.5 Å². The van der Waals surface area contributed by atoms with Gasteiger partial charge >= 0.3 is 6.18 Å². The van der Waals surface area contributed by atoms with Crippen LogP contribution in [0.3, 0.4) is 0 Å². The van der Waals surface area contributed by atoms with Crippen LogP contribution < -0.4 is 10.3 Å². The van der Waals surface area contributed by atoms with Gasteiger partial charge in [0.15, 0.2) is 0 Å². The number of rotatable bonds is 6. The van der Waals surface area contributed by atoms with E-state index >= 15 is 0 Å². The summed E-state index contributed by atoms with van der Waals surface area (Å²) in [5.74, 6) is 0.405. The Morgan fingerprint density at radius 2 is 1.79 bits per heavy atom. The molecule has 0 radical (unpaired) electrons. The van der Waals surface area contributed by atoms with E-state index in [4.69, 9.17) is 9.72 Å². The molecule has 1 aliphatic rings. The number of amides is 1. The molecule has 1 aliphatic heterocycles. The van der Waals surface area contributed by atoms with Crippen LogP contribution in [0, 0.1) is 0 Å². The summed E-state index contributed by atoms with van der Waals surface area (Å²) in [7, 11) is 1.62. The molecule has 3 aromatic rings. The molecule has 3 heterocycles. The molecule has 4 rings (SSSR count). The first kappa shape index (κ1) is 24.0. The second-order valence-electron chi connectivity index (χ2n) is 7.91. The molecule has 11 heteroatoms. The third-order valence-corrected chi connectivity index (χ3v) is 6.56. The molecule has 0 spiro atoms. The molecular formula is C23H23F3N4O3S. The van der Waals surface area contributed by atoms with Gasteiger partial charge in [0.1, 0.15) is 17.3 Å². The summed E-state index contributed by atoms with van der Waals surface area (Å²) in [4.78, 5) is 33.0. The number of piperazine rings is 1. The minimum absolute atomic E-state index is 0.378. The van der Waals surface area contributed by atoms with Gasteiger partial charge in [0, 0.05) is 55.9 Å². The molecule has 0 aliphatic carbocycles. The van der Waals surface area contributed by atoms with Gasteiger partial charge in [-0.1, -0.05) is 0 Å². The molecule has 0 saturated carbocycles. The second-order valence-corrected chi connectivity index (χ2v) is 8.77. The monoisotopic (exact) mass is 492 g/mol. The highest BCUT2D eigenvalue weighted by Crippen LogP contribution is 2.28. The van der Waals surface area contributed by atoms with Crippen LogP contribution in [0.4, 0.5) is 13.2 Å². The summed E-state index contributed by atoms with van der Waals surface area (Å²) < 4.78 is 44.7. The number of alkyl halides is 3. The number of nitrogens with zero attached hydrogens (tertiary/aromatic N) is 4. The lowest BCUT2D eigenvalue weighted by Crippen LogP contribution is -2.49. The molecule has 1 aromatic carbocycles. The molecule has 7 nitrogen and oxygen atoms in total. The van der Waals surface area contributed by atoms with Crippen LogP contribution in [0.1, 0.15) is 11.3 Å². The number of thiazole rings is 1. The SMILES string of the molecule is COc1ccc(-c2nc(CN3CCN(C(=O)Cn4cc(C(F)(F)F)ccc4=O)CC3)cs2)cc1. The highest BCUT2D eigenvalue weighted by Gasteiger charge is 2.31. The predicted molar refractivity (Wildman–Crippen MR) is 122 cm³/mol. The van der Waals surface area contributed by atoms with E-state index in [-0.39, 0.29) is 5.91 Å². The zero-order valence-corrected chi connectivity index (χ0v) is 19.2. The Morgan fingerprint density at radius 1 is 1.09 bits per heavy atom. The van der Waals surface area contributed by atoms with Crippen molar-refractivity contribution in [3.63, 3.8) is 0 Å². The molecule has 0 N–H and O–H groups in total. The van der Waals surface area contributed by atoms with E-state index in [2.05, 4.69) is 4.90 Å². The Labute approximate surface area is 198 Å². The van der Waals surface area contributed by atoms with Gasteiger partial charge in [0.2, 0.25) is 5.91 Å². The largest absolute Gasteiger partial charge is 0.497 e. The van der Waals surface area contributed by atoms with Crippen LogP contribution in [0.5, 0.6) is 5.75 Å². The lowest BCUT2D eigenvalue weighted by Gasteiger charge is -2.34. The average molecular weight is 493 g/mol. The number of carbonyl (C=O) groups excluding carboxylic acids is 1. The number of hydrogen-bond acceptors (Lipinski definition) is 6. The van der Waals surface area contributed by atoms with Crippen LogP contribution in [0.25, 0.3) is 10.6 Å². The summed E-state index contributed by atoms with van der Waals surface area (Å²) in [6.07, 6.45) is -3.88. The van der Waals surface area contributed by atoms with Crippen LogP contribution in [0.2, 0.25) is 0 Å². The van der Waals surface area contributed by atoms with Crippen molar-refractivity contribution >= 4 is 17.2 Å². The van der Waals surface area contributed by atoms with Crippen LogP contribution in [-0.4, -0.2) is 58.5 Å². The molecular weight excluding hydrogens is 469 g/mol. The number of carbonyl (C=O) groups is 1. The number of aromatic nitrogens is 2. The van der Waals surface area contributed by atoms with Crippen molar-refractivity contribution in [1.82, 2.24) is 19.4 Å². The summed E-state index contributed by atoms with van der Waals surface area (Å²) in [5, 5.41) is 2.93. The summed E-state index contributed by atoms with van der Waals surface area (Å²) in [5.41, 5.74) is 0.349. The van der Waals surface area contributed by atoms with Gasteiger partial charge in [0.05, 0.1) is 18.4 Å². The molecule has 34 heavy (non-hydrogen) atoms. The van der Waals surface area contributed by atoms with Crippen molar-refractivity contribution in [2.24, 2.45) is 0 Å². The van der Waals surface area contributed by atoms with Crippen molar-refractivity contribution in [3.05, 3.63) is 69.6 Å². The molecule has 2 aromatic heterocycles. The molecule has 1 saturated heterocycles. The molecule has 0 bridgehead atoms. The maximum atomic E-state index is 12.9. The van der Waals surface area contributed by atoms with E-state index in [1.54, 1.807) is 23.3 Å². The fourth-order valence-corrected chi connectivity index (χ4v) is 4.52. The topological polar surface area (TPSA) is 67.7 Å². The Bertz CT molecular complexity index is 1200. The smallest absolute Gasteiger partial charge is 0.417 e. The highest BCUT2D eigenvalue weighted by molar-refractivity contribution is 7.13. The predicted octanol–water partition coefficient (Wildman–Crippen LogP) is 3.34. The van der Waals surface area contributed by atoms with E-state index < -0.39 is 23.8 Å². The third-order valence-electron chi connectivity index (χ3n) is 5.62. The lowest BCUT2D eigenvalue weighted by atomic mass is 10.2. The normalized spacial score (nSPS) is 14.9. The van der Waals surface area contributed by atoms with Crippen molar-refractivity contribution < 1.29 is 22.7 Å². The van der Waals surface area contributed by atoms with Crippen LogP contribution in [-0.2, 0) is 24.1 Å². The van der Waals surface area contributed by atoms with Gasteiger partial charge in [-0.15, -0.1) is 11.3 Å². The summed E-state index contributed by atoms with van der Waals surface area (Å²) in [6.45, 7) is 2.31. The zero-order valence-electron chi connectivity index (χ0n) is 18.4. The van der Waals surface area contributed by atoms with E-state index in [0.717, 1.165) is 38.7 Å². The fourth-order valence-electron chi connectivity index (χ4n) is 3.70. The Balaban J connectivity index is 1.31. The van der Waals surface area contributed by atoms with Crippen molar-refractivity contribution in [2.75, 3.05) is 33.3 Å². The second kappa shape index (κ2) is 9.98. The zero-order chi connectivity index (χ0) is 24.3. The maximum Gasteiger partial charge on any atom is 0.417 e. The van der Waals surface area contributed by atoms with Crippen molar-refractivity contribution in [3.8, 4) is 16.3 Å². The fraction of sp³-hybridized carbons (Fsp3) is 0.348. The van der Waals surface area contributed by atoms with Gasteiger partial charge in [-0.25, -0.2) is 4.98 Å². The van der Waals surface area contributed by atoms with Gasteiger partial charge in [-0.2, -0.15) is 13.2 Å². The number of ether oxygens (including phenoxy) is 1. The average Bonchev–Trinajstić information content (AvgIpc) is 3.28. The van der Waals surface area contributed by atoms with Crippen LogP contribution in [0.15, 0.2) is 52.8 Å². The number of pyridine rings is 1. The number of hydrogen-bond donors (Lipinski definition) is 0. The number of benzene rings is 1. The summed E-state index contributed by atoms with van der Waals surface area (Å²) in [6, 6.07) is 9.26.